The van der Waals surface area contributed by atoms with Gasteiger partial charge in [0.1, 0.15) is 25.2 Å². The van der Waals surface area contributed by atoms with Gasteiger partial charge in [0, 0.05) is 17.8 Å². The third-order valence-electron chi connectivity index (χ3n) is 6.16. The Balaban J connectivity index is 1.82. The molecule has 7 nitrogen and oxygen atoms in total. The second-order valence-corrected chi connectivity index (χ2v) is 10.1. The molecular weight excluding hydrogens is 475 g/mol. The van der Waals surface area contributed by atoms with Crippen molar-refractivity contribution < 1.29 is 37.1 Å². The number of alkyl halides is 3. The minimum absolute atomic E-state index is 0.0621. The van der Waals surface area contributed by atoms with Gasteiger partial charge in [-0.25, -0.2) is 9.28 Å². The predicted molar refractivity (Wildman–Crippen MR) is 129 cm³/mol. The number of ether oxygens (including phenoxy) is 1. The van der Waals surface area contributed by atoms with Crippen LogP contribution in [-0.4, -0.2) is 64.5 Å². The molecule has 0 saturated carbocycles. The maximum atomic E-state index is 13.4. The lowest BCUT2D eigenvalue weighted by molar-refractivity contribution is -0.878. The zero-order valence-electron chi connectivity index (χ0n) is 20.7. The first-order valence-corrected chi connectivity index (χ1v) is 11.8. The Morgan fingerprint density at radius 2 is 1.72 bits per heavy atom. The Kier molecular flexibility index (Phi) is 8.18. The van der Waals surface area contributed by atoms with E-state index in [1.54, 1.807) is 20.8 Å². The number of carbonyl (C=O) groups is 2. The molecule has 0 spiro atoms. The molecule has 0 radical (unpaired) electrons. The normalized spacial score (nSPS) is 20.6. The molecule has 10 heteroatoms. The highest BCUT2D eigenvalue weighted by atomic mass is 19.4. The molecule has 2 amide bonds. The summed E-state index contributed by atoms with van der Waals surface area (Å²) in [6.45, 7) is 6.01. The molecule has 1 aliphatic heterocycles. The summed E-state index contributed by atoms with van der Waals surface area (Å²) in [5.74, 6) is 0. The van der Waals surface area contributed by atoms with E-state index < -0.39 is 35.6 Å². The SMILES string of the molecule is CC(C)(C)OC(=O)N1CC[N+](Cc2ccccc2)(C(=O)O)C[C@H]1CCNc1ccccc1C(F)(F)F. The van der Waals surface area contributed by atoms with Gasteiger partial charge in [-0.3, -0.25) is 4.90 Å². The highest BCUT2D eigenvalue weighted by Crippen LogP contribution is 2.34. The van der Waals surface area contributed by atoms with E-state index >= 15 is 0 Å². The molecule has 196 valence electrons. The number of nitrogens with one attached hydrogen (secondary N) is 1. The zero-order chi connectivity index (χ0) is 26.6. The third kappa shape index (κ3) is 6.90. The van der Waals surface area contributed by atoms with Gasteiger partial charge in [0.2, 0.25) is 0 Å². The monoisotopic (exact) mass is 508 g/mol. The molecule has 1 aliphatic rings. The van der Waals surface area contributed by atoms with Crippen molar-refractivity contribution in [2.45, 2.75) is 51.6 Å². The molecule has 3 rings (SSSR count). The predicted octanol–water partition coefficient (Wildman–Crippen LogP) is 5.82. The van der Waals surface area contributed by atoms with Crippen molar-refractivity contribution in [2.24, 2.45) is 0 Å². The van der Waals surface area contributed by atoms with Crippen LogP contribution < -0.4 is 5.32 Å². The van der Waals surface area contributed by atoms with E-state index in [9.17, 15) is 27.9 Å². The van der Waals surface area contributed by atoms with E-state index in [1.807, 2.05) is 30.3 Å². The molecule has 2 aromatic carbocycles. The van der Waals surface area contributed by atoms with Gasteiger partial charge in [-0.05, 0) is 39.3 Å². The van der Waals surface area contributed by atoms with Crippen LogP contribution in [-0.2, 0) is 17.5 Å². The van der Waals surface area contributed by atoms with Crippen molar-refractivity contribution in [1.29, 1.82) is 0 Å². The number of quaternary nitrogens is 1. The van der Waals surface area contributed by atoms with E-state index in [2.05, 4.69) is 5.32 Å². The summed E-state index contributed by atoms with van der Waals surface area (Å²) in [4.78, 5) is 26.9. The molecule has 36 heavy (non-hydrogen) atoms. The van der Waals surface area contributed by atoms with Crippen LogP contribution in [0.15, 0.2) is 54.6 Å². The van der Waals surface area contributed by atoms with Crippen LogP contribution in [0.5, 0.6) is 0 Å². The van der Waals surface area contributed by atoms with Gasteiger partial charge < -0.3 is 15.2 Å². The Labute approximate surface area is 209 Å². The fourth-order valence-corrected chi connectivity index (χ4v) is 4.46. The summed E-state index contributed by atoms with van der Waals surface area (Å²) in [6.07, 6.45) is -5.84. The number of carbonyl (C=O) groups excluding carboxylic acids is 1. The number of hydrogen-bond donors (Lipinski definition) is 2. The summed E-state index contributed by atoms with van der Waals surface area (Å²) in [6, 6.07) is 13.9. The lowest BCUT2D eigenvalue weighted by atomic mass is 10.0. The van der Waals surface area contributed by atoms with Crippen LogP contribution in [0.3, 0.4) is 0 Å². The number of amides is 2. The highest BCUT2D eigenvalue weighted by molar-refractivity contribution is 5.69. The first-order chi connectivity index (χ1) is 16.8. The first kappa shape index (κ1) is 27.3. The molecule has 1 fully saturated rings. The average Bonchev–Trinajstić information content (AvgIpc) is 2.78. The quantitative estimate of drug-likeness (QED) is 0.481. The van der Waals surface area contributed by atoms with E-state index in [4.69, 9.17) is 4.74 Å². The third-order valence-corrected chi connectivity index (χ3v) is 6.16. The van der Waals surface area contributed by atoms with Gasteiger partial charge in [0.05, 0.1) is 18.2 Å². The molecule has 2 aromatic rings. The minimum Gasteiger partial charge on any atom is -0.444 e. The van der Waals surface area contributed by atoms with E-state index in [0.717, 1.165) is 11.6 Å². The summed E-state index contributed by atoms with van der Waals surface area (Å²) < 4.78 is 45.4. The van der Waals surface area contributed by atoms with E-state index in [-0.39, 0.29) is 49.3 Å². The number of carboxylic acid groups (broad SMARTS) is 1. The van der Waals surface area contributed by atoms with Crippen LogP contribution in [0.25, 0.3) is 0 Å². The standard InChI is InChI=1S/C26H32F3N3O4/c1-25(2,3)36-23(33)31-15-16-32(24(34)35,17-19-9-5-4-6-10-19)18-20(31)13-14-30-22-12-8-7-11-21(22)26(27,28)29/h4-12,20,30H,13-18H2,1-3H3/p+1/t20-,32?/m1/s1. The van der Waals surface area contributed by atoms with E-state index in [1.165, 1.54) is 23.1 Å². The van der Waals surface area contributed by atoms with Crippen LogP contribution in [0.4, 0.5) is 28.4 Å². The van der Waals surface area contributed by atoms with Gasteiger partial charge in [-0.15, -0.1) is 0 Å². The fourth-order valence-electron chi connectivity index (χ4n) is 4.46. The van der Waals surface area contributed by atoms with Crippen molar-refractivity contribution in [3.05, 3.63) is 65.7 Å². The summed E-state index contributed by atoms with van der Waals surface area (Å²) in [5.41, 5.74) is -0.738. The van der Waals surface area contributed by atoms with Crippen LogP contribution in [0, 0.1) is 0 Å². The van der Waals surface area contributed by atoms with Crippen LogP contribution in [0.1, 0.15) is 38.3 Å². The number of para-hydroxylation sites is 1. The Morgan fingerprint density at radius 1 is 1.08 bits per heavy atom. The minimum atomic E-state index is -4.51. The fraction of sp³-hybridized carbons (Fsp3) is 0.462. The van der Waals surface area contributed by atoms with Crippen LogP contribution in [0.2, 0.25) is 0 Å². The van der Waals surface area contributed by atoms with Crippen molar-refractivity contribution in [2.75, 3.05) is 31.5 Å². The van der Waals surface area contributed by atoms with Gasteiger partial charge in [0.25, 0.3) is 0 Å². The Bertz CT molecular complexity index is 1060. The number of hydrogen-bond acceptors (Lipinski definition) is 4. The molecule has 1 heterocycles. The number of anilines is 1. The van der Waals surface area contributed by atoms with Crippen molar-refractivity contribution >= 4 is 17.9 Å². The smallest absolute Gasteiger partial charge is 0.444 e. The highest BCUT2D eigenvalue weighted by Gasteiger charge is 2.47. The molecule has 0 aromatic heterocycles. The van der Waals surface area contributed by atoms with Gasteiger partial charge in [-0.1, -0.05) is 42.5 Å². The van der Waals surface area contributed by atoms with Crippen molar-refractivity contribution in [3.8, 4) is 0 Å². The molecule has 2 N–H and O–H groups in total. The first-order valence-electron chi connectivity index (χ1n) is 11.8. The maximum absolute atomic E-state index is 13.4. The van der Waals surface area contributed by atoms with Crippen molar-refractivity contribution in [3.63, 3.8) is 0 Å². The molecule has 0 aliphatic carbocycles. The number of piperazine rings is 1. The second kappa shape index (κ2) is 10.8. The topological polar surface area (TPSA) is 78.9 Å². The Hall–Kier alpha value is -3.27. The second-order valence-electron chi connectivity index (χ2n) is 10.1. The summed E-state index contributed by atoms with van der Waals surface area (Å²) >= 11 is 0. The maximum Gasteiger partial charge on any atom is 0.513 e. The van der Waals surface area contributed by atoms with E-state index in [0.29, 0.717) is 0 Å². The molecule has 1 saturated heterocycles. The van der Waals surface area contributed by atoms with Gasteiger partial charge in [0.15, 0.2) is 0 Å². The number of halogens is 3. The molecule has 1 unspecified atom stereocenters. The number of nitrogens with zero attached hydrogens (tertiary/aromatic N) is 2. The molecular formula is C26H33F3N3O4+. The zero-order valence-corrected chi connectivity index (χ0v) is 20.7. The Morgan fingerprint density at radius 3 is 2.33 bits per heavy atom. The van der Waals surface area contributed by atoms with Gasteiger partial charge >= 0.3 is 18.4 Å². The van der Waals surface area contributed by atoms with Crippen LogP contribution >= 0.6 is 0 Å². The summed E-state index contributed by atoms with van der Waals surface area (Å²) in [5, 5.41) is 13.0. The molecule has 2 atom stereocenters. The molecule has 0 bridgehead atoms. The number of rotatable bonds is 6. The lowest BCUT2D eigenvalue weighted by Crippen LogP contribution is -2.66. The number of benzene rings is 2. The lowest BCUT2D eigenvalue weighted by Gasteiger charge is -2.45. The average molecular weight is 509 g/mol. The summed E-state index contributed by atoms with van der Waals surface area (Å²) in [7, 11) is 0. The van der Waals surface area contributed by atoms with Crippen molar-refractivity contribution in [1.82, 2.24) is 4.90 Å². The van der Waals surface area contributed by atoms with Gasteiger partial charge in [-0.2, -0.15) is 18.0 Å². The largest absolute Gasteiger partial charge is 0.513 e.